The van der Waals surface area contributed by atoms with Crippen LogP contribution in [0.15, 0.2) is 18.2 Å². The predicted octanol–water partition coefficient (Wildman–Crippen LogP) is 0.611. The second-order valence-electron chi connectivity index (χ2n) is 3.61. The standard InChI is InChI=1S/C11H16O5S/c1-15-10-4-3-9(8-12)11(7-10)16-5-6-17(2,13)14/h3-4,7,12H,5-6,8H2,1-2H3. The Bertz CT molecular complexity index is 467. The molecule has 0 aliphatic heterocycles. The van der Waals surface area contributed by atoms with Gasteiger partial charge in [0.1, 0.15) is 18.1 Å². The van der Waals surface area contributed by atoms with Crippen molar-refractivity contribution in [2.45, 2.75) is 6.61 Å². The van der Waals surface area contributed by atoms with Gasteiger partial charge in [0, 0.05) is 17.9 Å². The zero-order chi connectivity index (χ0) is 12.9. The minimum absolute atomic E-state index is 0.0546. The molecule has 0 heterocycles. The summed E-state index contributed by atoms with van der Waals surface area (Å²) in [5.74, 6) is 0.974. The van der Waals surface area contributed by atoms with E-state index in [4.69, 9.17) is 14.6 Å². The van der Waals surface area contributed by atoms with Crippen molar-refractivity contribution in [1.82, 2.24) is 0 Å². The molecule has 0 aromatic heterocycles. The second-order valence-corrected chi connectivity index (χ2v) is 5.87. The Hall–Kier alpha value is -1.27. The third kappa shape index (κ3) is 4.62. The fourth-order valence-electron chi connectivity index (χ4n) is 1.23. The van der Waals surface area contributed by atoms with E-state index in [9.17, 15) is 8.42 Å². The van der Waals surface area contributed by atoms with Crippen LogP contribution in [0.4, 0.5) is 0 Å². The predicted molar refractivity (Wildman–Crippen MR) is 64.1 cm³/mol. The average Bonchev–Trinajstić information content (AvgIpc) is 2.27. The fraction of sp³-hybridized carbons (Fsp3) is 0.455. The summed E-state index contributed by atoms with van der Waals surface area (Å²) in [6, 6.07) is 5.00. The highest BCUT2D eigenvalue weighted by Crippen LogP contribution is 2.24. The summed E-state index contributed by atoms with van der Waals surface area (Å²) >= 11 is 0. The molecular weight excluding hydrogens is 244 g/mol. The van der Waals surface area contributed by atoms with E-state index in [0.29, 0.717) is 17.1 Å². The van der Waals surface area contributed by atoms with Crippen molar-refractivity contribution >= 4 is 9.84 Å². The first kappa shape index (κ1) is 13.8. The number of methoxy groups -OCH3 is 1. The summed E-state index contributed by atoms with van der Waals surface area (Å²) in [6.45, 7) is -0.114. The van der Waals surface area contributed by atoms with E-state index in [1.165, 1.54) is 7.11 Å². The molecular formula is C11H16O5S. The van der Waals surface area contributed by atoms with Crippen molar-refractivity contribution in [2.75, 3.05) is 25.7 Å². The lowest BCUT2D eigenvalue weighted by Gasteiger charge is -2.11. The van der Waals surface area contributed by atoms with Crippen molar-refractivity contribution in [3.8, 4) is 11.5 Å². The van der Waals surface area contributed by atoms with Gasteiger partial charge >= 0.3 is 0 Å². The first-order chi connectivity index (χ1) is 7.96. The van der Waals surface area contributed by atoms with Gasteiger partial charge in [0.25, 0.3) is 0 Å². The zero-order valence-corrected chi connectivity index (χ0v) is 10.7. The Morgan fingerprint density at radius 3 is 2.59 bits per heavy atom. The van der Waals surface area contributed by atoms with Crippen molar-refractivity contribution in [1.29, 1.82) is 0 Å². The number of hydrogen-bond donors (Lipinski definition) is 1. The topological polar surface area (TPSA) is 72.8 Å². The number of rotatable bonds is 6. The Labute approximate surface area is 101 Å². The Morgan fingerprint density at radius 2 is 2.06 bits per heavy atom. The lowest BCUT2D eigenvalue weighted by Crippen LogP contribution is -2.12. The molecule has 0 unspecified atom stereocenters. The van der Waals surface area contributed by atoms with Crippen LogP contribution in [0.25, 0.3) is 0 Å². The molecule has 0 saturated carbocycles. The third-order valence-corrected chi connectivity index (χ3v) is 3.06. The molecule has 0 fully saturated rings. The fourth-order valence-corrected chi connectivity index (χ4v) is 1.62. The molecule has 0 bridgehead atoms. The maximum atomic E-state index is 10.9. The van der Waals surface area contributed by atoms with E-state index in [-0.39, 0.29) is 19.0 Å². The van der Waals surface area contributed by atoms with Crippen LogP contribution in [-0.2, 0) is 16.4 Å². The van der Waals surface area contributed by atoms with Crippen molar-refractivity contribution in [3.05, 3.63) is 23.8 Å². The van der Waals surface area contributed by atoms with Gasteiger partial charge in [-0.05, 0) is 12.1 Å². The van der Waals surface area contributed by atoms with E-state index in [1.54, 1.807) is 18.2 Å². The summed E-state index contributed by atoms with van der Waals surface area (Å²) < 4.78 is 32.2. The Morgan fingerprint density at radius 1 is 1.35 bits per heavy atom. The SMILES string of the molecule is COc1ccc(CO)c(OCCS(C)(=O)=O)c1. The highest BCUT2D eigenvalue weighted by Gasteiger charge is 2.07. The van der Waals surface area contributed by atoms with Crippen molar-refractivity contribution in [2.24, 2.45) is 0 Å². The summed E-state index contributed by atoms with van der Waals surface area (Å²) in [4.78, 5) is 0. The summed E-state index contributed by atoms with van der Waals surface area (Å²) in [6.07, 6.45) is 1.15. The first-order valence-electron chi connectivity index (χ1n) is 5.04. The number of hydrogen-bond acceptors (Lipinski definition) is 5. The van der Waals surface area contributed by atoms with Crippen molar-refractivity contribution < 1.29 is 23.0 Å². The average molecular weight is 260 g/mol. The molecule has 17 heavy (non-hydrogen) atoms. The van der Waals surface area contributed by atoms with Gasteiger partial charge in [-0.15, -0.1) is 0 Å². The lowest BCUT2D eigenvalue weighted by molar-refractivity contribution is 0.266. The third-order valence-electron chi connectivity index (χ3n) is 2.16. The van der Waals surface area contributed by atoms with Crippen LogP contribution in [0.5, 0.6) is 11.5 Å². The van der Waals surface area contributed by atoms with Crippen LogP contribution < -0.4 is 9.47 Å². The molecule has 0 amide bonds. The quantitative estimate of drug-likeness (QED) is 0.811. The lowest BCUT2D eigenvalue weighted by atomic mass is 10.2. The number of ether oxygens (including phenoxy) is 2. The van der Waals surface area contributed by atoms with E-state index < -0.39 is 9.84 Å². The van der Waals surface area contributed by atoms with Crippen LogP contribution in [-0.4, -0.2) is 39.2 Å². The van der Waals surface area contributed by atoms with Crippen LogP contribution in [0.1, 0.15) is 5.56 Å². The molecule has 0 saturated heterocycles. The number of sulfone groups is 1. The molecule has 1 aromatic carbocycles. The Balaban J connectivity index is 2.74. The van der Waals surface area contributed by atoms with E-state index in [2.05, 4.69) is 0 Å². The molecule has 0 spiro atoms. The van der Waals surface area contributed by atoms with Gasteiger partial charge in [0.15, 0.2) is 9.84 Å². The molecule has 0 atom stereocenters. The monoisotopic (exact) mass is 260 g/mol. The number of aliphatic hydroxyl groups is 1. The summed E-state index contributed by atoms with van der Waals surface area (Å²) in [5, 5.41) is 9.10. The van der Waals surface area contributed by atoms with Gasteiger partial charge in [-0.2, -0.15) is 0 Å². The van der Waals surface area contributed by atoms with Crippen LogP contribution >= 0.6 is 0 Å². The molecule has 1 aromatic rings. The van der Waals surface area contributed by atoms with Crippen LogP contribution in [0, 0.1) is 0 Å². The smallest absolute Gasteiger partial charge is 0.150 e. The van der Waals surface area contributed by atoms with E-state index >= 15 is 0 Å². The summed E-state index contributed by atoms with van der Waals surface area (Å²) in [5.41, 5.74) is 0.597. The van der Waals surface area contributed by atoms with Gasteiger partial charge in [0.2, 0.25) is 0 Å². The molecule has 0 radical (unpaired) electrons. The largest absolute Gasteiger partial charge is 0.497 e. The number of benzene rings is 1. The minimum Gasteiger partial charge on any atom is -0.497 e. The number of aliphatic hydroxyl groups excluding tert-OH is 1. The maximum Gasteiger partial charge on any atom is 0.150 e. The van der Waals surface area contributed by atoms with Gasteiger partial charge in [0.05, 0.1) is 19.5 Å². The van der Waals surface area contributed by atoms with Crippen LogP contribution in [0.3, 0.4) is 0 Å². The van der Waals surface area contributed by atoms with Crippen molar-refractivity contribution in [3.63, 3.8) is 0 Å². The van der Waals surface area contributed by atoms with E-state index in [1.807, 2.05) is 0 Å². The normalized spacial score (nSPS) is 11.2. The highest BCUT2D eigenvalue weighted by atomic mass is 32.2. The second kappa shape index (κ2) is 5.88. The molecule has 0 aliphatic carbocycles. The molecule has 6 heteroatoms. The zero-order valence-electron chi connectivity index (χ0n) is 9.84. The highest BCUT2D eigenvalue weighted by molar-refractivity contribution is 7.90. The summed E-state index contributed by atoms with van der Waals surface area (Å²) in [7, 11) is -1.53. The van der Waals surface area contributed by atoms with Gasteiger partial charge in [-0.25, -0.2) is 8.42 Å². The van der Waals surface area contributed by atoms with E-state index in [0.717, 1.165) is 6.26 Å². The Kier molecular flexibility index (Phi) is 4.77. The van der Waals surface area contributed by atoms with Gasteiger partial charge < -0.3 is 14.6 Å². The molecule has 5 nitrogen and oxygen atoms in total. The minimum atomic E-state index is -3.05. The van der Waals surface area contributed by atoms with Gasteiger partial charge in [-0.1, -0.05) is 0 Å². The first-order valence-corrected chi connectivity index (χ1v) is 7.10. The molecule has 96 valence electrons. The molecule has 0 aliphatic rings. The maximum absolute atomic E-state index is 10.9. The van der Waals surface area contributed by atoms with Crippen LogP contribution in [0.2, 0.25) is 0 Å². The molecule has 1 N–H and O–H groups in total. The van der Waals surface area contributed by atoms with Gasteiger partial charge in [-0.3, -0.25) is 0 Å². The molecule has 1 rings (SSSR count).